The zero-order valence-corrected chi connectivity index (χ0v) is 16.9. The summed E-state index contributed by atoms with van der Waals surface area (Å²) in [4.78, 5) is 0. The van der Waals surface area contributed by atoms with E-state index < -0.39 is 0 Å². The highest BCUT2D eigenvalue weighted by Crippen LogP contribution is 2.31. The number of phenols is 1. The summed E-state index contributed by atoms with van der Waals surface area (Å²) in [5.74, 6) is 1.21. The highest BCUT2D eigenvalue weighted by molar-refractivity contribution is 5.43. The number of nitrogens with one attached hydrogen (secondary N) is 1. The Hall–Kier alpha value is -2.97. The van der Waals surface area contributed by atoms with E-state index in [9.17, 15) is 5.11 Å². The van der Waals surface area contributed by atoms with Gasteiger partial charge in [-0.05, 0) is 45.7 Å². The van der Waals surface area contributed by atoms with E-state index in [0.717, 1.165) is 36.1 Å². The third kappa shape index (κ3) is 5.10. The van der Waals surface area contributed by atoms with Crippen molar-refractivity contribution in [1.29, 1.82) is 0 Å². The summed E-state index contributed by atoms with van der Waals surface area (Å²) in [5, 5.41) is 26.1. The van der Waals surface area contributed by atoms with Crippen molar-refractivity contribution in [2.24, 2.45) is 5.73 Å². The summed E-state index contributed by atoms with van der Waals surface area (Å²) in [6.07, 6.45) is 2.03. The van der Waals surface area contributed by atoms with Crippen LogP contribution in [0.5, 0.6) is 11.5 Å². The van der Waals surface area contributed by atoms with Crippen LogP contribution in [0, 0.1) is 0 Å². The summed E-state index contributed by atoms with van der Waals surface area (Å²) in [6, 6.07) is 13.2. The first-order valence-electron chi connectivity index (χ1n) is 9.80. The van der Waals surface area contributed by atoms with Crippen LogP contribution in [0.1, 0.15) is 48.3 Å². The minimum atomic E-state index is -0.291. The van der Waals surface area contributed by atoms with Crippen molar-refractivity contribution in [2.45, 2.75) is 45.4 Å². The van der Waals surface area contributed by atoms with Crippen LogP contribution in [0.2, 0.25) is 0 Å². The molecule has 0 aliphatic heterocycles. The van der Waals surface area contributed by atoms with Crippen molar-refractivity contribution in [3.63, 3.8) is 0 Å². The highest BCUT2D eigenvalue weighted by atomic mass is 16.5. The lowest BCUT2D eigenvalue weighted by molar-refractivity contribution is 0.372. The van der Waals surface area contributed by atoms with Gasteiger partial charge in [0.2, 0.25) is 0 Å². The largest absolute Gasteiger partial charge is 0.504 e. The van der Waals surface area contributed by atoms with E-state index in [4.69, 9.17) is 10.5 Å². The van der Waals surface area contributed by atoms with Crippen molar-refractivity contribution in [2.75, 3.05) is 7.11 Å². The summed E-state index contributed by atoms with van der Waals surface area (Å²) in [5.41, 5.74) is 8.81. The topological polar surface area (TPSA) is 111 Å². The number of hydrogen-bond donors (Lipinski definition) is 3. The SMILES string of the molecule is CCCCn1nnnc1C(NCc1cccc(CN)c1)c1ccc(OC)c(O)c1. The number of tetrazole rings is 1. The Labute approximate surface area is 170 Å². The lowest BCUT2D eigenvalue weighted by atomic mass is 10.0. The fourth-order valence-electron chi connectivity index (χ4n) is 3.22. The molecule has 3 aromatic rings. The molecule has 1 heterocycles. The van der Waals surface area contributed by atoms with Crippen LogP contribution in [-0.4, -0.2) is 32.4 Å². The average molecular weight is 396 g/mol. The Morgan fingerprint density at radius 2 is 2.03 bits per heavy atom. The molecule has 4 N–H and O–H groups in total. The Morgan fingerprint density at radius 1 is 1.21 bits per heavy atom. The van der Waals surface area contributed by atoms with Crippen LogP contribution < -0.4 is 15.8 Å². The molecule has 0 aliphatic rings. The molecular weight excluding hydrogens is 368 g/mol. The van der Waals surface area contributed by atoms with Gasteiger partial charge in [0, 0.05) is 19.6 Å². The van der Waals surface area contributed by atoms with Crippen LogP contribution in [0.15, 0.2) is 42.5 Å². The molecule has 0 aliphatic carbocycles. The van der Waals surface area contributed by atoms with Gasteiger partial charge < -0.3 is 15.6 Å². The number of aromatic nitrogens is 4. The van der Waals surface area contributed by atoms with E-state index in [2.05, 4.69) is 39.9 Å². The maximum atomic E-state index is 10.3. The van der Waals surface area contributed by atoms with Crippen molar-refractivity contribution in [3.05, 3.63) is 65.0 Å². The lowest BCUT2D eigenvalue weighted by Gasteiger charge is -2.20. The van der Waals surface area contributed by atoms with Gasteiger partial charge in [0.1, 0.15) is 0 Å². The number of phenolic OH excluding ortho intramolecular Hbond substituents is 1. The predicted molar refractivity (Wildman–Crippen MR) is 110 cm³/mol. The number of unbranched alkanes of at least 4 members (excludes halogenated alkanes) is 1. The molecule has 1 unspecified atom stereocenters. The van der Waals surface area contributed by atoms with Crippen molar-refractivity contribution < 1.29 is 9.84 Å². The highest BCUT2D eigenvalue weighted by Gasteiger charge is 2.22. The fourth-order valence-corrected chi connectivity index (χ4v) is 3.22. The third-order valence-electron chi connectivity index (χ3n) is 4.81. The molecule has 1 aromatic heterocycles. The van der Waals surface area contributed by atoms with E-state index in [-0.39, 0.29) is 11.8 Å². The second kappa shape index (κ2) is 9.99. The first-order valence-corrected chi connectivity index (χ1v) is 9.80. The number of hydrogen-bond acceptors (Lipinski definition) is 7. The zero-order chi connectivity index (χ0) is 20.6. The van der Waals surface area contributed by atoms with Crippen LogP contribution >= 0.6 is 0 Å². The van der Waals surface area contributed by atoms with Gasteiger partial charge in [-0.25, -0.2) is 4.68 Å². The Kier molecular flexibility index (Phi) is 7.15. The quantitative estimate of drug-likeness (QED) is 0.483. The number of nitrogens with two attached hydrogens (primary N) is 1. The number of aromatic hydroxyl groups is 1. The molecule has 8 nitrogen and oxygen atoms in total. The molecule has 0 amide bonds. The number of ether oxygens (including phenoxy) is 1. The number of nitrogens with zero attached hydrogens (tertiary/aromatic N) is 4. The van der Waals surface area contributed by atoms with Crippen molar-refractivity contribution in [1.82, 2.24) is 25.5 Å². The number of benzene rings is 2. The van der Waals surface area contributed by atoms with Gasteiger partial charge in [0.25, 0.3) is 0 Å². The molecule has 0 fully saturated rings. The number of methoxy groups -OCH3 is 1. The summed E-state index contributed by atoms with van der Waals surface area (Å²) in [6.45, 7) is 3.97. The van der Waals surface area contributed by atoms with Crippen LogP contribution in [0.4, 0.5) is 0 Å². The monoisotopic (exact) mass is 396 g/mol. The standard InChI is InChI=1S/C21H28N6O2/c1-3-4-10-27-21(24-25-26-27)20(17-8-9-19(29-2)18(28)12-17)23-14-16-7-5-6-15(11-16)13-22/h5-9,11-12,20,23,28H,3-4,10,13-14,22H2,1-2H3. The first kappa shape index (κ1) is 20.8. The van der Waals surface area contributed by atoms with E-state index in [1.165, 1.54) is 7.11 Å². The molecule has 1 atom stereocenters. The van der Waals surface area contributed by atoms with Crippen molar-refractivity contribution >= 4 is 0 Å². The molecule has 154 valence electrons. The fraction of sp³-hybridized carbons (Fsp3) is 0.381. The van der Waals surface area contributed by atoms with E-state index in [0.29, 0.717) is 24.7 Å². The molecule has 0 bridgehead atoms. The minimum Gasteiger partial charge on any atom is -0.504 e. The van der Waals surface area contributed by atoms with Gasteiger partial charge in [-0.1, -0.05) is 43.7 Å². The summed E-state index contributed by atoms with van der Waals surface area (Å²) in [7, 11) is 1.53. The van der Waals surface area contributed by atoms with Gasteiger partial charge in [0.05, 0.1) is 13.2 Å². The van der Waals surface area contributed by atoms with E-state index in [1.54, 1.807) is 12.1 Å². The molecule has 0 spiro atoms. The van der Waals surface area contributed by atoms with Crippen molar-refractivity contribution in [3.8, 4) is 11.5 Å². The average Bonchev–Trinajstić information content (AvgIpc) is 3.21. The minimum absolute atomic E-state index is 0.0783. The second-order valence-corrected chi connectivity index (χ2v) is 6.88. The smallest absolute Gasteiger partial charge is 0.172 e. The first-order chi connectivity index (χ1) is 14.2. The molecule has 0 saturated heterocycles. The lowest BCUT2D eigenvalue weighted by Crippen LogP contribution is -2.26. The molecule has 29 heavy (non-hydrogen) atoms. The Balaban J connectivity index is 1.91. The van der Waals surface area contributed by atoms with Crippen LogP contribution in [0.25, 0.3) is 0 Å². The number of aryl methyl sites for hydroxylation is 1. The Morgan fingerprint density at radius 3 is 2.76 bits per heavy atom. The van der Waals surface area contributed by atoms with Gasteiger partial charge in [-0.2, -0.15) is 0 Å². The van der Waals surface area contributed by atoms with Gasteiger partial charge in [-0.15, -0.1) is 5.10 Å². The zero-order valence-electron chi connectivity index (χ0n) is 16.9. The van der Waals surface area contributed by atoms with E-state index in [1.807, 2.05) is 22.9 Å². The molecule has 0 saturated carbocycles. The summed E-state index contributed by atoms with van der Waals surface area (Å²) < 4.78 is 6.99. The molecule has 8 heteroatoms. The van der Waals surface area contributed by atoms with Gasteiger partial charge in [-0.3, -0.25) is 5.32 Å². The second-order valence-electron chi connectivity index (χ2n) is 6.88. The number of rotatable bonds is 10. The van der Waals surface area contributed by atoms with Crippen LogP contribution in [-0.2, 0) is 19.6 Å². The van der Waals surface area contributed by atoms with E-state index >= 15 is 0 Å². The maximum absolute atomic E-state index is 10.3. The maximum Gasteiger partial charge on any atom is 0.172 e. The molecule has 0 radical (unpaired) electrons. The molecular formula is C21H28N6O2. The Bertz CT molecular complexity index is 927. The molecule has 2 aromatic carbocycles. The predicted octanol–water partition coefficient (Wildman–Crippen LogP) is 2.53. The van der Waals surface area contributed by atoms with Gasteiger partial charge >= 0.3 is 0 Å². The third-order valence-corrected chi connectivity index (χ3v) is 4.81. The normalized spacial score (nSPS) is 12.1. The molecule has 3 rings (SSSR count). The van der Waals surface area contributed by atoms with Crippen LogP contribution in [0.3, 0.4) is 0 Å². The van der Waals surface area contributed by atoms with Gasteiger partial charge in [0.15, 0.2) is 17.3 Å². The summed E-state index contributed by atoms with van der Waals surface area (Å²) >= 11 is 0.